The molecule has 0 aromatic heterocycles. The quantitative estimate of drug-likeness (QED) is 0.248. The summed E-state index contributed by atoms with van der Waals surface area (Å²) in [6.45, 7) is 0.280. The third-order valence-electron chi connectivity index (χ3n) is 3.92. The van der Waals surface area contributed by atoms with Gasteiger partial charge in [0.1, 0.15) is 30.8 Å². The van der Waals surface area contributed by atoms with Crippen LogP contribution in [0.1, 0.15) is 18.1 Å². The first kappa shape index (κ1) is 24.9. The van der Waals surface area contributed by atoms with E-state index in [-0.39, 0.29) is 11.1 Å². The number of fused-ring (bicyclic) bond motifs is 1. The maximum atomic E-state index is 13.8. The van der Waals surface area contributed by atoms with E-state index in [1.54, 1.807) is 0 Å². The topological polar surface area (TPSA) is 106 Å². The van der Waals surface area contributed by atoms with E-state index in [9.17, 15) is 41.3 Å². The zero-order valence-corrected chi connectivity index (χ0v) is 16.3. The highest BCUT2D eigenvalue weighted by Crippen LogP contribution is 2.44. The minimum absolute atomic E-state index is 0.104. The summed E-state index contributed by atoms with van der Waals surface area (Å²) in [5, 5.41) is 8.93. The average Bonchev–Trinajstić information content (AvgIpc) is 2.62. The van der Waals surface area contributed by atoms with Gasteiger partial charge in [-0.3, -0.25) is 0 Å². The molecule has 1 aromatic carbocycles. The molecule has 0 spiro atoms. The second-order valence-corrected chi connectivity index (χ2v) is 6.52. The maximum Gasteiger partial charge on any atom is 0.573 e. The third-order valence-corrected chi connectivity index (χ3v) is 3.92. The van der Waals surface area contributed by atoms with Crippen LogP contribution in [0, 0.1) is 17.0 Å². The van der Waals surface area contributed by atoms with Crippen molar-refractivity contribution in [2.75, 3.05) is 13.2 Å². The molecule has 1 aliphatic rings. The van der Waals surface area contributed by atoms with Crippen molar-refractivity contribution >= 4 is 12.2 Å². The number of halogens is 6. The van der Waals surface area contributed by atoms with E-state index in [0.717, 1.165) is 18.2 Å². The van der Waals surface area contributed by atoms with Crippen LogP contribution in [0.3, 0.4) is 0 Å². The highest BCUT2D eigenvalue weighted by molar-refractivity contribution is 5.66. The first-order valence-corrected chi connectivity index (χ1v) is 8.58. The van der Waals surface area contributed by atoms with Crippen molar-refractivity contribution in [2.45, 2.75) is 38.1 Å². The van der Waals surface area contributed by atoms with Gasteiger partial charge < -0.3 is 23.8 Å². The minimum Gasteiger partial charge on any atom is -0.469 e. The smallest absolute Gasteiger partial charge is 0.469 e. The number of aryl methyl sites for hydroxylation is 1. The molecule has 0 saturated heterocycles. The van der Waals surface area contributed by atoms with Gasteiger partial charge in [0.25, 0.3) is 10.7 Å². The Bertz CT molecular complexity index is 900. The SMILES string of the molecule is Cc1cc(OC(F)(F)F)cc2c1O[C@@](COC(=O)OC(C)CO[N+](=O)[O-])(C(F)(F)F)C=C2. The molecule has 1 aromatic rings. The molecule has 15 heteroatoms. The lowest BCUT2D eigenvalue weighted by molar-refractivity contribution is -0.759. The summed E-state index contributed by atoms with van der Waals surface area (Å²) in [6, 6.07) is 1.66. The number of rotatable bonds is 7. The number of benzene rings is 1. The van der Waals surface area contributed by atoms with Gasteiger partial charge in [-0.25, -0.2) is 4.79 Å². The highest BCUT2D eigenvalue weighted by Gasteiger charge is 2.58. The van der Waals surface area contributed by atoms with Crippen LogP contribution in [-0.2, 0) is 14.3 Å². The molecule has 1 unspecified atom stereocenters. The van der Waals surface area contributed by atoms with E-state index in [0.29, 0.717) is 6.08 Å². The fourth-order valence-electron chi connectivity index (χ4n) is 2.54. The van der Waals surface area contributed by atoms with E-state index < -0.39 is 60.2 Å². The molecule has 0 fully saturated rings. The molecule has 9 nitrogen and oxygen atoms in total. The van der Waals surface area contributed by atoms with E-state index >= 15 is 0 Å². The summed E-state index contributed by atoms with van der Waals surface area (Å²) < 4.78 is 96.4. The van der Waals surface area contributed by atoms with Gasteiger partial charge in [-0.15, -0.1) is 23.3 Å². The lowest BCUT2D eigenvalue weighted by Gasteiger charge is -2.36. The highest BCUT2D eigenvalue weighted by atomic mass is 19.4. The van der Waals surface area contributed by atoms with Crippen molar-refractivity contribution in [1.82, 2.24) is 0 Å². The summed E-state index contributed by atoms with van der Waals surface area (Å²) >= 11 is 0. The molecule has 0 N–H and O–H groups in total. The van der Waals surface area contributed by atoms with Crippen molar-refractivity contribution in [3.8, 4) is 11.5 Å². The number of carbonyl (C=O) groups is 1. The number of alkyl halides is 6. The van der Waals surface area contributed by atoms with Crippen LogP contribution in [0.4, 0.5) is 31.1 Å². The summed E-state index contributed by atoms with van der Waals surface area (Å²) in [7, 11) is 0. The molecule has 178 valence electrons. The van der Waals surface area contributed by atoms with Gasteiger partial charge in [0, 0.05) is 5.56 Å². The zero-order valence-electron chi connectivity index (χ0n) is 16.3. The van der Waals surface area contributed by atoms with Crippen LogP contribution in [0.2, 0.25) is 0 Å². The molecule has 0 aliphatic carbocycles. The molecule has 32 heavy (non-hydrogen) atoms. The van der Waals surface area contributed by atoms with Gasteiger partial charge in [-0.1, -0.05) is 6.08 Å². The Morgan fingerprint density at radius 1 is 1.25 bits per heavy atom. The number of carbonyl (C=O) groups excluding carboxylic acids is 1. The minimum atomic E-state index is -5.12. The Kier molecular flexibility index (Phi) is 7.00. The lowest BCUT2D eigenvalue weighted by atomic mass is 9.96. The molecule has 0 saturated carbocycles. The third kappa shape index (κ3) is 6.31. The van der Waals surface area contributed by atoms with E-state index in [4.69, 9.17) is 4.74 Å². The Morgan fingerprint density at radius 2 is 1.91 bits per heavy atom. The maximum absolute atomic E-state index is 13.8. The zero-order chi connectivity index (χ0) is 24.3. The second kappa shape index (κ2) is 9.00. The molecule has 2 rings (SSSR count). The van der Waals surface area contributed by atoms with Crippen molar-refractivity contribution in [1.29, 1.82) is 0 Å². The number of hydrogen-bond donors (Lipinski definition) is 0. The normalized spacial score (nSPS) is 18.8. The summed E-state index contributed by atoms with van der Waals surface area (Å²) in [6.07, 6.45) is -11.6. The van der Waals surface area contributed by atoms with Crippen LogP contribution in [-0.4, -0.2) is 48.7 Å². The van der Waals surface area contributed by atoms with Gasteiger partial charge in [0.2, 0.25) is 0 Å². The van der Waals surface area contributed by atoms with Crippen LogP contribution >= 0.6 is 0 Å². The number of hydrogen-bond acceptors (Lipinski definition) is 8. The van der Waals surface area contributed by atoms with E-state index in [1.165, 1.54) is 13.8 Å². The van der Waals surface area contributed by atoms with Crippen molar-refractivity contribution < 1.29 is 60.0 Å². The summed E-state index contributed by atoms with van der Waals surface area (Å²) in [5.74, 6) is -1.06. The molecule has 1 heterocycles. The van der Waals surface area contributed by atoms with Crippen molar-refractivity contribution in [3.05, 3.63) is 39.4 Å². The Balaban J connectivity index is 2.18. The molecule has 1 aliphatic heterocycles. The van der Waals surface area contributed by atoms with E-state index in [2.05, 4.69) is 19.0 Å². The predicted molar refractivity (Wildman–Crippen MR) is 91.2 cm³/mol. The largest absolute Gasteiger partial charge is 0.573 e. The van der Waals surface area contributed by atoms with Crippen molar-refractivity contribution in [3.63, 3.8) is 0 Å². The van der Waals surface area contributed by atoms with Crippen LogP contribution in [0.15, 0.2) is 18.2 Å². The first-order chi connectivity index (χ1) is 14.6. The van der Waals surface area contributed by atoms with Crippen LogP contribution < -0.4 is 9.47 Å². The molecular weight excluding hydrogens is 460 g/mol. The Morgan fingerprint density at radius 3 is 2.47 bits per heavy atom. The number of ether oxygens (including phenoxy) is 4. The molecule has 2 atom stereocenters. The molecule has 0 radical (unpaired) electrons. The Labute approximate surface area is 175 Å². The van der Waals surface area contributed by atoms with Gasteiger partial charge in [0.15, 0.2) is 0 Å². The first-order valence-electron chi connectivity index (χ1n) is 8.58. The Hall–Kier alpha value is -3.39. The van der Waals surface area contributed by atoms with Gasteiger partial charge in [-0.2, -0.15) is 13.2 Å². The second-order valence-electron chi connectivity index (χ2n) is 6.52. The van der Waals surface area contributed by atoms with Crippen LogP contribution in [0.25, 0.3) is 6.08 Å². The average molecular weight is 475 g/mol. The van der Waals surface area contributed by atoms with E-state index in [1.807, 2.05) is 0 Å². The van der Waals surface area contributed by atoms with Gasteiger partial charge in [0.05, 0.1) is 0 Å². The fourth-order valence-corrected chi connectivity index (χ4v) is 2.54. The molecule has 0 bridgehead atoms. The molecular formula is C17H15F6NO8. The van der Waals surface area contributed by atoms with Crippen LogP contribution in [0.5, 0.6) is 11.5 Å². The van der Waals surface area contributed by atoms with Crippen molar-refractivity contribution in [2.24, 2.45) is 0 Å². The standard InChI is InChI=1S/C17H15F6NO8/c1-9-5-12(31-17(21,22)23)6-11-3-4-15(16(18,19)20,32-13(9)11)8-28-14(25)30-10(2)7-29-24(26)27/h3-6,10H,7-8H2,1-2H3/t10?,15-/m0/s1. The fraction of sp³-hybridized carbons (Fsp3) is 0.471. The molecule has 0 amide bonds. The summed E-state index contributed by atoms with van der Waals surface area (Å²) in [4.78, 5) is 25.7. The van der Waals surface area contributed by atoms with Gasteiger partial charge in [-0.05, 0) is 37.6 Å². The van der Waals surface area contributed by atoms with Gasteiger partial charge >= 0.3 is 18.7 Å². The monoisotopic (exact) mass is 475 g/mol. The summed E-state index contributed by atoms with van der Waals surface area (Å²) in [5.41, 5.74) is -3.40. The predicted octanol–water partition coefficient (Wildman–Crippen LogP) is 4.35. The lowest BCUT2D eigenvalue weighted by Crippen LogP contribution is -2.54. The number of nitrogens with zero attached hydrogens (tertiary/aromatic N) is 1.